The Bertz CT molecular complexity index is 1170. The molecule has 2 atom stereocenters. The summed E-state index contributed by atoms with van der Waals surface area (Å²) in [5, 5.41) is 23.2. The van der Waals surface area contributed by atoms with E-state index in [9.17, 15) is 15.0 Å². The van der Waals surface area contributed by atoms with Gasteiger partial charge in [-0.3, -0.25) is 4.79 Å². The van der Waals surface area contributed by atoms with Crippen molar-refractivity contribution in [1.82, 2.24) is 5.32 Å². The van der Waals surface area contributed by atoms with E-state index in [0.717, 1.165) is 44.9 Å². The molecule has 0 aliphatic rings. The van der Waals surface area contributed by atoms with Gasteiger partial charge in [0.2, 0.25) is 5.91 Å². The molecular formula is C67H125NO3. The number of allylic oxidation sites excluding steroid dienone is 9. The van der Waals surface area contributed by atoms with Crippen LogP contribution in [0, 0.1) is 0 Å². The molecule has 0 aliphatic carbocycles. The third kappa shape index (κ3) is 58.8. The molecule has 0 saturated carbocycles. The van der Waals surface area contributed by atoms with Crippen LogP contribution >= 0.6 is 0 Å². The second kappa shape index (κ2) is 62.4. The number of carbonyl (C=O) groups is 1. The smallest absolute Gasteiger partial charge is 0.220 e. The minimum Gasteiger partial charge on any atom is -0.394 e. The average Bonchev–Trinajstić information content (AvgIpc) is 3.37. The number of rotatable bonds is 59. The molecule has 3 N–H and O–H groups in total. The molecule has 1 amide bonds. The molecule has 4 nitrogen and oxygen atoms in total. The monoisotopic (exact) mass is 992 g/mol. The van der Waals surface area contributed by atoms with E-state index in [2.05, 4.69) is 67.8 Å². The van der Waals surface area contributed by atoms with Gasteiger partial charge in [0.05, 0.1) is 18.8 Å². The number of aliphatic hydroxyl groups is 2. The van der Waals surface area contributed by atoms with Crippen molar-refractivity contribution in [3.05, 3.63) is 60.8 Å². The van der Waals surface area contributed by atoms with E-state index in [1.54, 1.807) is 6.08 Å². The lowest BCUT2D eigenvalue weighted by atomic mass is 10.0. The van der Waals surface area contributed by atoms with Crippen molar-refractivity contribution in [2.75, 3.05) is 6.61 Å². The van der Waals surface area contributed by atoms with Gasteiger partial charge in [-0.05, 0) is 70.6 Å². The molecule has 0 heterocycles. The molecular weight excluding hydrogens is 867 g/mol. The number of hydrogen-bond acceptors (Lipinski definition) is 3. The fraction of sp³-hybridized carbons (Fsp3) is 0.836. The first-order chi connectivity index (χ1) is 35.2. The van der Waals surface area contributed by atoms with Crippen LogP contribution in [0.25, 0.3) is 0 Å². The molecule has 2 unspecified atom stereocenters. The molecule has 0 radical (unpaired) electrons. The molecule has 0 aromatic rings. The Morgan fingerprint density at radius 2 is 0.592 bits per heavy atom. The maximum Gasteiger partial charge on any atom is 0.220 e. The third-order valence-corrected chi connectivity index (χ3v) is 14.7. The highest BCUT2D eigenvalue weighted by molar-refractivity contribution is 5.76. The molecule has 0 bridgehead atoms. The summed E-state index contributed by atoms with van der Waals surface area (Å²) in [5.74, 6) is -0.0714. The Morgan fingerprint density at radius 3 is 0.915 bits per heavy atom. The van der Waals surface area contributed by atoms with E-state index in [0.29, 0.717) is 6.42 Å². The van der Waals surface area contributed by atoms with Gasteiger partial charge in [-0.15, -0.1) is 0 Å². The van der Waals surface area contributed by atoms with Gasteiger partial charge in [-0.25, -0.2) is 0 Å². The van der Waals surface area contributed by atoms with Crippen LogP contribution in [-0.4, -0.2) is 34.9 Å². The first-order valence-corrected chi connectivity index (χ1v) is 32.0. The Labute approximate surface area is 445 Å². The molecule has 0 saturated heterocycles. The van der Waals surface area contributed by atoms with Crippen molar-refractivity contribution in [3.8, 4) is 0 Å². The van der Waals surface area contributed by atoms with Gasteiger partial charge in [-0.1, -0.05) is 325 Å². The van der Waals surface area contributed by atoms with Crippen molar-refractivity contribution in [1.29, 1.82) is 0 Å². The summed E-state index contributed by atoms with van der Waals surface area (Å²) >= 11 is 0. The van der Waals surface area contributed by atoms with Crippen molar-refractivity contribution in [2.24, 2.45) is 0 Å². The predicted octanol–water partition coefficient (Wildman–Crippen LogP) is 21.5. The first kappa shape index (κ1) is 69.1. The summed E-state index contributed by atoms with van der Waals surface area (Å²) < 4.78 is 0. The van der Waals surface area contributed by atoms with Crippen molar-refractivity contribution < 1.29 is 15.0 Å². The fourth-order valence-electron chi connectivity index (χ4n) is 9.85. The van der Waals surface area contributed by atoms with Gasteiger partial charge in [0, 0.05) is 6.42 Å². The lowest BCUT2D eigenvalue weighted by Crippen LogP contribution is -2.45. The maximum absolute atomic E-state index is 12.5. The van der Waals surface area contributed by atoms with E-state index in [1.807, 2.05) is 6.08 Å². The number of carbonyl (C=O) groups excluding carboxylic acids is 1. The summed E-state index contributed by atoms with van der Waals surface area (Å²) in [7, 11) is 0. The maximum atomic E-state index is 12.5. The van der Waals surface area contributed by atoms with Crippen LogP contribution in [0.15, 0.2) is 60.8 Å². The third-order valence-electron chi connectivity index (χ3n) is 14.7. The molecule has 0 rings (SSSR count). The van der Waals surface area contributed by atoms with Gasteiger partial charge in [-0.2, -0.15) is 0 Å². The van der Waals surface area contributed by atoms with Gasteiger partial charge in [0.15, 0.2) is 0 Å². The van der Waals surface area contributed by atoms with Crippen LogP contribution in [0.4, 0.5) is 0 Å². The molecule has 0 aromatic carbocycles. The quantitative estimate of drug-likeness (QED) is 0.0420. The SMILES string of the molecule is CCCCCCC/C=C\C/C=C\C/C=C\CCCCCCCCCCCCCCCCC(=O)NC(CO)C(O)/C=C/CC/C=C/CCCCCCCCCCCCCCCCCCCCCCCCCC. The highest BCUT2D eigenvalue weighted by Gasteiger charge is 2.18. The minimum atomic E-state index is -0.866. The van der Waals surface area contributed by atoms with Crippen LogP contribution < -0.4 is 5.32 Å². The Kier molecular flexibility index (Phi) is 60.7. The van der Waals surface area contributed by atoms with Crippen molar-refractivity contribution >= 4 is 5.91 Å². The van der Waals surface area contributed by atoms with Gasteiger partial charge < -0.3 is 15.5 Å². The van der Waals surface area contributed by atoms with E-state index in [-0.39, 0.29) is 12.5 Å². The minimum absolute atomic E-state index is 0.0714. The number of aliphatic hydroxyl groups excluding tert-OH is 2. The first-order valence-electron chi connectivity index (χ1n) is 32.0. The van der Waals surface area contributed by atoms with Gasteiger partial charge in [0.1, 0.15) is 0 Å². The van der Waals surface area contributed by atoms with E-state index >= 15 is 0 Å². The largest absolute Gasteiger partial charge is 0.394 e. The van der Waals surface area contributed by atoms with Crippen molar-refractivity contribution in [2.45, 2.75) is 353 Å². The Balaban J connectivity index is 3.50. The van der Waals surface area contributed by atoms with E-state index in [4.69, 9.17) is 0 Å². The van der Waals surface area contributed by atoms with Crippen LogP contribution in [0.5, 0.6) is 0 Å². The second-order valence-corrected chi connectivity index (χ2v) is 21.8. The molecule has 0 spiro atoms. The molecule has 0 aromatic heterocycles. The molecule has 0 fully saturated rings. The summed E-state index contributed by atoms with van der Waals surface area (Å²) in [5.41, 5.74) is 0. The Morgan fingerprint density at radius 1 is 0.338 bits per heavy atom. The van der Waals surface area contributed by atoms with Crippen LogP contribution in [0.1, 0.15) is 341 Å². The highest BCUT2D eigenvalue weighted by Crippen LogP contribution is 2.18. The summed E-state index contributed by atoms with van der Waals surface area (Å²) in [4.78, 5) is 12.5. The molecule has 71 heavy (non-hydrogen) atoms. The van der Waals surface area contributed by atoms with Gasteiger partial charge >= 0.3 is 0 Å². The molecule has 4 heteroatoms. The standard InChI is InChI=1S/C67H125NO3/c1-3-5-7-9-11-13-15-17-19-21-23-25-27-29-31-33-35-36-38-40-42-44-46-48-50-52-54-56-58-60-62-66(70)65(64-69)68-67(71)63-61-59-57-55-53-51-49-47-45-43-41-39-37-34-32-30-28-26-24-22-20-18-16-14-12-10-8-6-4-2/h16,18,22,24,28,30,52,54,60,62,65-66,69-70H,3-15,17,19-21,23,25-27,29,31-51,53,55-59,61,63-64H2,1-2H3,(H,68,71)/b18-16-,24-22-,30-28-,54-52+,62-60+. The van der Waals surface area contributed by atoms with E-state index < -0.39 is 12.1 Å². The summed E-state index contributed by atoms with van der Waals surface area (Å²) in [6, 6.07) is -0.643. The number of amides is 1. The van der Waals surface area contributed by atoms with Crippen molar-refractivity contribution in [3.63, 3.8) is 0 Å². The molecule has 0 aliphatic heterocycles. The highest BCUT2D eigenvalue weighted by atomic mass is 16.3. The van der Waals surface area contributed by atoms with Crippen LogP contribution in [0.3, 0.4) is 0 Å². The second-order valence-electron chi connectivity index (χ2n) is 21.8. The summed E-state index contributed by atoms with van der Waals surface area (Å²) in [6.07, 6.45) is 88.5. The summed E-state index contributed by atoms with van der Waals surface area (Å²) in [6.45, 7) is 4.32. The predicted molar refractivity (Wildman–Crippen MR) is 318 cm³/mol. The van der Waals surface area contributed by atoms with Crippen LogP contribution in [-0.2, 0) is 4.79 Å². The van der Waals surface area contributed by atoms with Gasteiger partial charge in [0.25, 0.3) is 0 Å². The number of hydrogen-bond donors (Lipinski definition) is 3. The number of unbranched alkanes of at least 4 members (excludes halogenated alkanes) is 44. The lowest BCUT2D eigenvalue weighted by Gasteiger charge is -2.19. The number of nitrogens with one attached hydrogen (secondary N) is 1. The fourth-order valence-corrected chi connectivity index (χ4v) is 9.85. The average molecular weight is 993 g/mol. The lowest BCUT2D eigenvalue weighted by molar-refractivity contribution is -0.123. The zero-order valence-electron chi connectivity index (χ0n) is 48.0. The van der Waals surface area contributed by atoms with E-state index in [1.165, 1.54) is 276 Å². The molecule has 416 valence electrons. The normalized spacial score (nSPS) is 13.1. The van der Waals surface area contributed by atoms with Crippen LogP contribution in [0.2, 0.25) is 0 Å². The zero-order chi connectivity index (χ0) is 51.3. The Hall–Kier alpha value is -1.91. The zero-order valence-corrected chi connectivity index (χ0v) is 48.0. The topological polar surface area (TPSA) is 69.6 Å².